The van der Waals surface area contributed by atoms with Crippen LogP contribution in [-0.2, 0) is 0 Å². The Balaban J connectivity index is 1.59. The van der Waals surface area contributed by atoms with Crippen LogP contribution >= 0.6 is 0 Å². The van der Waals surface area contributed by atoms with Gasteiger partial charge in [-0.3, -0.25) is 9.78 Å². The number of hydrazine groups is 1. The minimum atomic E-state index is -0.278. The molecule has 0 saturated carbocycles. The van der Waals surface area contributed by atoms with E-state index >= 15 is 0 Å². The van der Waals surface area contributed by atoms with Gasteiger partial charge in [0.2, 0.25) is 5.76 Å². The number of nitrogens with zero attached hydrogens (tertiary/aromatic N) is 2. The van der Waals surface area contributed by atoms with Gasteiger partial charge in [0.1, 0.15) is 0 Å². The quantitative estimate of drug-likeness (QED) is 0.761. The maximum Gasteiger partial charge on any atom is 0.291 e. The van der Waals surface area contributed by atoms with E-state index in [1.807, 2.05) is 12.1 Å². The molecule has 0 spiro atoms. The van der Waals surface area contributed by atoms with Crippen LogP contribution in [0.5, 0.6) is 0 Å². The minimum Gasteiger partial charge on any atom is -0.351 e. The van der Waals surface area contributed by atoms with Crippen LogP contribution in [0.25, 0.3) is 0 Å². The largest absolute Gasteiger partial charge is 0.351 e. The van der Waals surface area contributed by atoms with Crippen molar-refractivity contribution in [2.45, 2.75) is 25.6 Å². The number of aromatic nitrogens is 2. The highest BCUT2D eigenvalue weighted by atomic mass is 16.5. The summed E-state index contributed by atoms with van der Waals surface area (Å²) in [4.78, 5) is 15.9. The van der Waals surface area contributed by atoms with Crippen LogP contribution in [0.3, 0.4) is 0 Å². The minimum absolute atomic E-state index is 0.139. The molecule has 0 bridgehead atoms. The number of pyridine rings is 1. The highest BCUT2D eigenvalue weighted by Gasteiger charge is 2.27. The first kappa shape index (κ1) is 12.8. The molecule has 0 radical (unpaired) electrons. The van der Waals surface area contributed by atoms with Crippen molar-refractivity contribution in [3.05, 3.63) is 47.6 Å². The second-order valence-corrected chi connectivity index (χ2v) is 4.72. The van der Waals surface area contributed by atoms with Gasteiger partial charge in [-0.25, -0.2) is 10.9 Å². The molecule has 1 aliphatic heterocycles. The number of hydrogen-bond donors (Lipinski definition) is 3. The number of aryl methyl sites for hydroxylation is 1. The first-order chi connectivity index (χ1) is 9.72. The standard InChI is InChI=1S/C13H15N5O2/c1-8-6-11(20-18-8)13(19)15-12-7-10(16-17-12)9-2-4-14-5-3-9/h2-6,10,12,16-17H,7H2,1H3,(H,15,19). The molecule has 7 nitrogen and oxygen atoms in total. The average molecular weight is 273 g/mol. The van der Waals surface area contributed by atoms with Gasteiger partial charge in [-0.15, -0.1) is 0 Å². The van der Waals surface area contributed by atoms with Crippen molar-refractivity contribution in [2.75, 3.05) is 0 Å². The van der Waals surface area contributed by atoms with Gasteiger partial charge in [0, 0.05) is 30.9 Å². The Kier molecular flexibility index (Phi) is 3.44. The van der Waals surface area contributed by atoms with E-state index in [9.17, 15) is 4.79 Å². The van der Waals surface area contributed by atoms with Crippen molar-refractivity contribution in [1.29, 1.82) is 0 Å². The van der Waals surface area contributed by atoms with E-state index in [0.717, 1.165) is 12.0 Å². The molecular formula is C13H15N5O2. The van der Waals surface area contributed by atoms with E-state index in [-0.39, 0.29) is 23.9 Å². The van der Waals surface area contributed by atoms with Crippen LogP contribution < -0.4 is 16.2 Å². The third-order valence-corrected chi connectivity index (χ3v) is 3.17. The molecule has 2 aromatic rings. The third kappa shape index (κ3) is 2.68. The molecule has 0 aromatic carbocycles. The SMILES string of the molecule is Cc1cc(C(=O)NC2CC(c3ccncc3)NN2)on1. The summed E-state index contributed by atoms with van der Waals surface area (Å²) in [5.41, 5.74) is 8.00. The van der Waals surface area contributed by atoms with E-state index in [2.05, 4.69) is 26.3 Å². The maximum atomic E-state index is 11.9. The smallest absolute Gasteiger partial charge is 0.291 e. The summed E-state index contributed by atoms with van der Waals surface area (Å²) < 4.78 is 4.93. The zero-order valence-corrected chi connectivity index (χ0v) is 11.0. The van der Waals surface area contributed by atoms with E-state index in [0.29, 0.717) is 5.69 Å². The lowest BCUT2D eigenvalue weighted by Crippen LogP contribution is -2.44. The van der Waals surface area contributed by atoms with Gasteiger partial charge in [0.15, 0.2) is 0 Å². The van der Waals surface area contributed by atoms with Gasteiger partial charge >= 0.3 is 0 Å². The highest BCUT2D eigenvalue weighted by Crippen LogP contribution is 2.20. The Bertz CT molecular complexity index is 598. The lowest BCUT2D eigenvalue weighted by molar-refractivity contribution is 0.0895. The van der Waals surface area contributed by atoms with Crippen LogP contribution in [-0.4, -0.2) is 22.2 Å². The Morgan fingerprint density at radius 3 is 2.90 bits per heavy atom. The lowest BCUT2D eigenvalue weighted by atomic mass is 10.1. The number of nitrogens with one attached hydrogen (secondary N) is 3. The molecule has 2 unspecified atom stereocenters. The molecule has 1 saturated heterocycles. The van der Waals surface area contributed by atoms with E-state index in [1.54, 1.807) is 25.4 Å². The van der Waals surface area contributed by atoms with Crippen molar-refractivity contribution < 1.29 is 9.32 Å². The molecule has 1 fully saturated rings. The maximum absolute atomic E-state index is 11.9. The molecule has 20 heavy (non-hydrogen) atoms. The topological polar surface area (TPSA) is 92.1 Å². The van der Waals surface area contributed by atoms with Crippen LogP contribution in [0.4, 0.5) is 0 Å². The van der Waals surface area contributed by atoms with Crippen LogP contribution in [0.2, 0.25) is 0 Å². The van der Waals surface area contributed by atoms with Crippen LogP contribution in [0, 0.1) is 6.92 Å². The summed E-state index contributed by atoms with van der Waals surface area (Å²) in [5, 5.41) is 6.54. The Morgan fingerprint density at radius 2 is 2.20 bits per heavy atom. The number of rotatable bonds is 3. The Hall–Kier alpha value is -2.25. The summed E-state index contributed by atoms with van der Waals surface area (Å²) in [6.07, 6.45) is 4.08. The molecule has 2 atom stereocenters. The average Bonchev–Trinajstić information content (AvgIpc) is 3.09. The number of amides is 1. The number of carbonyl (C=O) groups is 1. The second kappa shape index (κ2) is 5.40. The van der Waals surface area contributed by atoms with Crippen LogP contribution in [0.1, 0.15) is 34.3 Å². The van der Waals surface area contributed by atoms with E-state index in [1.165, 1.54) is 0 Å². The molecule has 3 heterocycles. The second-order valence-electron chi connectivity index (χ2n) is 4.72. The summed E-state index contributed by atoms with van der Waals surface area (Å²) in [5.74, 6) is -0.0584. The molecule has 0 aliphatic carbocycles. The Labute approximate surface area is 115 Å². The lowest BCUT2D eigenvalue weighted by Gasteiger charge is -2.10. The summed E-state index contributed by atoms with van der Waals surface area (Å²) in [6, 6.07) is 5.64. The van der Waals surface area contributed by atoms with Crippen molar-refractivity contribution in [2.24, 2.45) is 0 Å². The highest BCUT2D eigenvalue weighted by molar-refractivity contribution is 5.91. The Morgan fingerprint density at radius 1 is 1.40 bits per heavy atom. The van der Waals surface area contributed by atoms with Crippen molar-refractivity contribution >= 4 is 5.91 Å². The summed E-state index contributed by atoms with van der Waals surface area (Å²) >= 11 is 0. The molecule has 3 rings (SSSR count). The van der Waals surface area contributed by atoms with Gasteiger partial charge in [0.05, 0.1) is 11.9 Å². The third-order valence-electron chi connectivity index (χ3n) is 3.17. The zero-order valence-electron chi connectivity index (χ0n) is 11.0. The van der Waals surface area contributed by atoms with Gasteiger partial charge in [0.25, 0.3) is 5.91 Å². The summed E-state index contributed by atoms with van der Waals surface area (Å²) in [6.45, 7) is 1.77. The molecule has 1 amide bonds. The van der Waals surface area contributed by atoms with Crippen molar-refractivity contribution in [3.63, 3.8) is 0 Å². The van der Waals surface area contributed by atoms with Gasteiger partial charge in [-0.1, -0.05) is 5.16 Å². The number of carbonyl (C=O) groups excluding carboxylic acids is 1. The van der Waals surface area contributed by atoms with Crippen molar-refractivity contribution in [1.82, 2.24) is 26.3 Å². The zero-order chi connectivity index (χ0) is 13.9. The first-order valence-electron chi connectivity index (χ1n) is 6.37. The van der Waals surface area contributed by atoms with Gasteiger partial charge in [-0.05, 0) is 24.6 Å². The molecular weight excluding hydrogens is 258 g/mol. The van der Waals surface area contributed by atoms with E-state index in [4.69, 9.17) is 4.52 Å². The van der Waals surface area contributed by atoms with Crippen molar-refractivity contribution in [3.8, 4) is 0 Å². The molecule has 3 N–H and O–H groups in total. The fraction of sp³-hybridized carbons (Fsp3) is 0.308. The fourth-order valence-corrected chi connectivity index (χ4v) is 2.16. The molecule has 1 aliphatic rings. The predicted octanol–water partition coefficient (Wildman–Crippen LogP) is 0.673. The molecule has 2 aromatic heterocycles. The fourth-order valence-electron chi connectivity index (χ4n) is 2.16. The van der Waals surface area contributed by atoms with Crippen LogP contribution in [0.15, 0.2) is 35.1 Å². The monoisotopic (exact) mass is 273 g/mol. The molecule has 104 valence electrons. The summed E-state index contributed by atoms with van der Waals surface area (Å²) in [7, 11) is 0. The normalized spacial score (nSPS) is 21.9. The van der Waals surface area contributed by atoms with Gasteiger partial charge in [-0.2, -0.15) is 0 Å². The van der Waals surface area contributed by atoms with Gasteiger partial charge < -0.3 is 9.84 Å². The number of hydrogen-bond acceptors (Lipinski definition) is 6. The first-order valence-corrected chi connectivity index (χ1v) is 6.37. The molecule has 7 heteroatoms. The predicted molar refractivity (Wildman–Crippen MR) is 70.4 cm³/mol. The van der Waals surface area contributed by atoms with E-state index < -0.39 is 0 Å².